The van der Waals surface area contributed by atoms with E-state index in [-0.39, 0.29) is 0 Å². The van der Waals surface area contributed by atoms with Gasteiger partial charge in [0.25, 0.3) is 0 Å². The smallest absolute Gasteiger partial charge is 0.0602 e. The monoisotopic (exact) mass is 158 g/mol. The molecule has 0 fully saturated rings. The van der Waals surface area contributed by atoms with Gasteiger partial charge in [0.1, 0.15) is 0 Å². The van der Waals surface area contributed by atoms with Crippen molar-refractivity contribution in [2.45, 2.75) is 25.0 Å². The fourth-order valence-corrected chi connectivity index (χ4v) is 2.20. The van der Waals surface area contributed by atoms with Crippen molar-refractivity contribution in [2.75, 3.05) is 0 Å². The van der Waals surface area contributed by atoms with Gasteiger partial charge < -0.3 is 0 Å². The Morgan fingerprint density at radius 3 is 1.78 bits per heavy atom. The van der Waals surface area contributed by atoms with Crippen molar-refractivity contribution in [1.29, 1.82) is 0 Å². The maximum atomic E-state index is 4.31. The summed E-state index contributed by atoms with van der Waals surface area (Å²) < 4.78 is 1.16. The number of rotatable bonds is 0. The van der Waals surface area contributed by atoms with Gasteiger partial charge in [0, 0.05) is 4.88 Å². The molecule has 0 saturated carbocycles. The van der Waals surface area contributed by atoms with Gasteiger partial charge in [-0.3, -0.25) is 0 Å². The molecule has 0 aromatic carbocycles. The topological polar surface area (TPSA) is 0 Å². The van der Waals surface area contributed by atoms with E-state index in [1.807, 2.05) is 0 Å². The summed E-state index contributed by atoms with van der Waals surface area (Å²) in [5.41, 5.74) is 2.73. The summed E-state index contributed by atoms with van der Waals surface area (Å²) >= 11 is 6.07. The molecular formula is C7H10S2. The molecule has 0 N–H and O–H groups in total. The highest BCUT2D eigenvalue weighted by Gasteiger charge is 2.03. The molecule has 1 heterocycles. The Hall–Kier alpha value is 0.0500. The number of thiol groups is 1. The zero-order chi connectivity index (χ0) is 7.02. The quantitative estimate of drug-likeness (QED) is 0.551. The van der Waals surface area contributed by atoms with Crippen LogP contribution in [-0.2, 0) is 0 Å². The molecule has 0 radical (unpaired) electrons. The Bertz CT molecular complexity index is 201. The lowest BCUT2D eigenvalue weighted by atomic mass is 10.2. The Labute approximate surface area is 65.3 Å². The largest absolute Gasteiger partial charge is 0.134 e. The molecule has 0 aliphatic rings. The third kappa shape index (κ3) is 1.14. The van der Waals surface area contributed by atoms with Crippen LogP contribution in [0.15, 0.2) is 4.21 Å². The molecule has 1 aromatic rings. The maximum Gasteiger partial charge on any atom is 0.0602 e. The van der Waals surface area contributed by atoms with Crippen molar-refractivity contribution < 1.29 is 0 Å². The van der Waals surface area contributed by atoms with Gasteiger partial charge in [-0.15, -0.1) is 24.0 Å². The summed E-state index contributed by atoms with van der Waals surface area (Å²) in [5.74, 6) is 0. The van der Waals surface area contributed by atoms with Gasteiger partial charge in [-0.05, 0) is 31.9 Å². The van der Waals surface area contributed by atoms with Gasteiger partial charge in [-0.2, -0.15) is 0 Å². The fourth-order valence-electron chi connectivity index (χ4n) is 0.723. The van der Waals surface area contributed by atoms with Crippen molar-refractivity contribution in [3.05, 3.63) is 16.0 Å². The first kappa shape index (κ1) is 7.16. The Morgan fingerprint density at radius 2 is 1.67 bits per heavy atom. The van der Waals surface area contributed by atoms with Crippen LogP contribution in [0.4, 0.5) is 0 Å². The minimum Gasteiger partial charge on any atom is -0.134 e. The lowest BCUT2D eigenvalue weighted by Gasteiger charge is -1.88. The van der Waals surface area contributed by atoms with Crippen molar-refractivity contribution >= 4 is 24.0 Å². The predicted octanol–water partition coefficient (Wildman–Crippen LogP) is 2.96. The molecule has 2 heteroatoms. The zero-order valence-corrected chi connectivity index (χ0v) is 7.57. The van der Waals surface area contributed by atoms with Gasteiger partial charge in [0.2, 0.25) is 0 Å². The molecule has 0 saturated heterocycles. The predicted molar refractivity (Wildman–Crippen MR) is 45.8 cm³/mol. The molecule has 0 spiro atoms. The number of aryl methyl sites for hydroxylation is 1. The Morgan fingerprint density at radius 1 is 1.11 bits per heavy atom. The normalized spacial score (nSPS) is 10.2. The average molecular weight is 158 g/mol. The highest BCUT2D eigenvalue weighted by Crippen LogP contribution is 2.28. The first-order valence-corrected chi connectivity index (χ1v) is 4.15. The van der Waals surface area contributed by atoms with Gasteiger partial charge in [-0.25, -0.2) is 0 Å². The van der Waals surface area contributed by atoms with E-state index >= 15 is 0 Å². The van der Waals surface area contributed by atoms with Gasteiger partial charge in [-0.1, -0.05) is 0 Å². The molecule has 0 unspecified atom stereocenters. The van der Waals surface area contributed by atoms with Crippen LogP contribution in [-0.4, -0.2) is 0 Å². The Balaban J connectivity index is 3.29. The minimum absolute atomic E-state index is 1.16. The van der Waals surface area contributed by atoms with E-state index in [0.29, 0.717) is 0 Å². The van der Waals surface area contributed by atoms with Crippen LogP contribution in [0.2, 0.25) is 0 Å². The summed E-state index contributed by atoms with van der Waals surface area (Å²) in [5, 5.41) is 0. The van der Waals surface area contributed by atoms with E-state index in [1.165, 1.54) is 16.0 Å². The molecule has 0 nitrogen and oxygen atoms in total. The number of thiophene rings is 1. The van der Waals surface area contributed by atoms with E-state index in [9.17, 15) is 0 Å². The van der Waals surface area contributed by atoms with E-state index < -0.39 is 0 Å². The molecule has 0 bridgehead atoms. The molecule has 0 atom stereocenters. The van der Waals surface area contributed by atoms with Crippen LogP contribution in [0.3, 0.4) is 0 Å². The molecule has 0 aliphatic heterocycles. The summed E-state index contributed by atoms with van der Waals surface area (Å²) in [6.45, 7) is 6.38. The lowest BCUT2D eigenvalue weighted by molar-refractivity contribution is 1.31. The van der Waals surface area contributed by atoms with Crippen molar-refractivity contribution in [2.24, 2.45) is 0 Å². The van der Waals surface area contributed by atoms with Crippen molar-refractivity contribution in [3.63, 3.8) is 0 Å². The maximum absolute atomic E-state index is 4.31. The van der Waals surface area contributed by atoms with Crippen LogP contribution < -0.4 is 0 Å². The van der Waals surface area contributed by atoms with Crippen LogP contribution in [0.1, 0.15) is 16.0 Å². The summed E-state index contributed by atoms with van der Waals surface area (Å²) in [6, 6.07) is 0. The summed E-state index contributed by atoms with van der Waals surface area (Å²) in [7, 11) is 0. The second-order valence-electron chi connectivity index (χ2n) is 2.21. The molecule has 9 heavy (non-hydrogen) atoms. The summed E-state index contributed by atoms with van der Waals surface area (Å²) in [6.07, 6.45) is 0. The van der Waals surface area contributed by atoms with Gasteiger partial charge in [0.05, 0.1) is 4.21 Å². The first-order chi connectivity index (χ1) is 4.13. The highest BCUT2D eigenvalue weighted by atomic mass is 32.2. The lowest BCUT2D eigenvalue weighted by Crippen LogP contribution is -1.72. The highest BCUT2D eigenvalue weighted by molar-refractivity contribution is 7.83. The van der Waals surface area contributed by atoms with E-state index in [0.717, 1.165) is 4.21 Å². The van der Waals surface area contributed by atoms with Crippen LogP contribution in [0.25, 0.3) is 0 Å². The van der Waals surface area contributed by atoms with Crippen LogP contribution in [0, 0.1) is 20.8 Å². The third-order valence-corrected chi connectivity index (χ3v) is 3.38. The van der Waals surface area contributed by atoms with Crippen LogP contribution >= 0.6 is 24.0 Å². The average Bonchev–Trinajstić information content (AvgIpc) is 1.98. The number of hydrogen-bond donors (Lipinski definition) is 1. The van der Waals surface area contributed by atoms with Crippen molar-refractivity contribution in [3.8, 4) is 0 Å². The first-order valence-electron chi connectivity index (χ1n) is 2.88. The molecular weight excluding hydrogens is 148 g/mol. The molecule has 0 aliphatic carbocycles. The zero-order valence-electron chi connectivity index (χ0n) is 5.86. The molecule has 1 rings (SSSR count). The van der Waals surface area contributed by atoms with E-state index in [2.05, 4.69) is 33.4 Å². The Kier molecular flexibility index (Phi) is 1.87. The third-order valence-electron chi connectivity index (χ3n) is 1.66. The minimum atomic E-state index is 1.16. The second kappa shape index (κ2) is 2.35. The van der Waals surface area contributed by atoms with E-state index in [4.69, 9.17) is 0 Å². The molecule has 0 amide bonds. The fraction of sp³-hybridized carbons (Fsp3) is 0.429. The molecule has 50 valence electrons. The molecule has 1 aromatic heterocycles. The SMILES string of the molecule is Cc1sc(S)c(C)c1C. The van der Waals surface area contributed by atoms with E-state index in [1.54, 1.807) is 11.3 Å². The number of hydrogen-bond acceptors (Lipinski definition) is 2. The van der Waals surface area contributed by atoms with Gasteiger partial charge >= 0.3 is 0 Å². The van der Waals surface area contributed by atoms with Gasteiger partial charge in [0.15, 0.2) is 0 Å². The summed E-state index contributed by atoms with van der Waals surface area (Å²) in [4.78, 5) is 1.39. The second-order valence-corrected chi connectivity index (χ2v) is 4.19. The standard InChI is InChI=1S/C7H10S2/c1-4-5(2)7(8)9-6(4)3/h8H,1-3H3. The van der Waals surface area contributed by atoms with Crippen LogP contribution in [0.5, 0.6) is 0 Å². The van der Waals surface area contributed by atoms with Crippen molar-refractivity contribution in [1.82, 2.24) is 0 Å².